The zero-order chi connectivity index (χ0) is 15.5. The fourth-order valence-corrected chi connectivity index (χ4v) is 2.75. The SMILES string of the molecule is CN(C)CCCn1c(-c2cccc(N)c2)nc2ccccc21. The van der Waals surface area contributed by atoms with Gasteiger partial charge in [0.15, 0.2) is 0 Å². The zero-order valence-corrected chi connectivity index (χ0v) is 13.2. The van der Waals surface area contributed by atoms with Crippen molar-refractivity contribution in [2.75, 3.05) is 26.4 Å². The monoisotopic (exact) mass is 294 g/mol. The molecule has 1 aromatic heterocycles. The maximum atomic E-state index is 5.94. The highest BCUT2D eigenvalue weighted by Crippen LogP contribution is 2.26. The highest BCUT2D eigenvalue weighted by molar-refractivity contribution is 5.81. The topological polar surface area (TPSA) is 47.1 Å². The number of hydrogen-bond donors (Lipinski definition) is 1. The lowest BCUT2D eigenvalue weighted by atomic mass is 10.2. The van der Waals surface area contributed by atoms with Gasteiger partial charge in [-0.05, 0) is 51.3 Å². The molecule has 4 nitrogen and oxygen atoms in total. The minimum Gasteiger partial charge on any atom is -0.399 e. The third-order valence-corrected chi connectivity index (χ3v) is 3.79. The van der Waals surface area contributed by atoms with Crippen LogP contribution in [0, 0.1) is 0 Å². The number of benzene rings is 2. The molecule has 0 aliphatic carbocycles. The van der Waals surface area contributed by atoms with Gasteiger partial charge in [-0.1, -0.05) is 24.3 Å². The number of hydrogen-bond acceptors (Lipinski definition) is 3. The van der Waals surface area contributed by atoms with Gasteiger partial charge < -0.3 is 15.2 Å². The molecule has 4 heteroatoms. The molecular weight excluding hydrogens is 272 g/mol. The molecule has 2 aromatic carbocycles. The van der Waals surface area contributed by atoms with E-state index < -0.39 is 0 Å². The van der Waals surface area contributed by atoms with Gasteiger partial charge in [-0.25, -0.2) is 4.98 Å². The van der Waals surface area contributed by atoms with Crippen LogP contribution in [0.2, 0.25) is 0 Å². The lowest BCUT2D eigenvalue weighted by Crippen LogP contribution is -2.15. The summed E-state index contributed by atoms with van der Waals surface area (Å²) in [7, 11) is 4.20. The Morgan fingerprint density at radius 3 is 2.68 bits per heavy atom. The smallest absolute Gasteiger partial charge is 0.141 e. The van der Waals surface area contributed by atoms with Crippen molar-refractivity contribution in [1.29, 1.82) is 0 Å². The molecule has 3 aromatic rings. The average Bonchev–Trinajstić information content (AvgIpc) is 2.86. The molecule has 0 saturated carbocycles. The Hall–Kier alpha value is -2.33. The lowest BCUT2D eigenvalue weighted by molar-refractivity contribution is 0.388. The fraction of sp³-hybridized carbons (Fsp3) is 0.278. The molecule has 0 aliphatic heterocycles. The number of aryl methyl sites for hydroxylation is 1. The summed E-state index contributed by atoms with van der Waals surface area (Å²) >= 11 is 0. The van der Waals surface area contributed by atoms with E-state index in [1.165, 1.54) is 5.52 Å². The van der Waals surface area contributed by atoms with Gasteiger partial charge in [0.1, 0.15) is 5.82 Å². The van der Waals surface area contributed by atoms with Crippen LogP contribution >= 0.6 is 0 Å². The number of nitrogen functional groups attached to an aromatic ring is 1. The molecule has 0 spiro atoms. The van der Waals surface area contributed by atoms with Gasteiger partial charge in [-0.2, -0.15) is 0 Å². The maximum absolute atomic E-state index is 5.94. The van der Waals surface area contributed by atoms with Gasteiger partial charge in [0.2, 0.25) is 0 Å². The van der Waals surface area contributed by atoms with E-state index in [0.717, 1.165) is 42.1 Å². The van der Waals surface area contributed by atoms with E-state index in [0.29, 0.717) is 0 Å². The van der Waals surface area contributed by atoms with Crippen LogP contribution in [0.3, 0.4) is 0 Å². The van der Waals surface area contributed by atoms with E-state index in [-0.39, 0.29) is 0 Å². The Morgan fingerprint density at radius 2 is 1.91 bits per heavy atom. The predicted molar refractivity (Wildman–Crippen MR) is 92.8 cm³/mol. The third-order valence-electron chi connectivity index (χ3n) is 3.79. The molecule has 2 N–H and O–H groups in total. The molecule has 3 rings (SSSR count). The summed E-state index contributed by atoms with van der Waals surface area (Å²) < 4.78 is 2.30. The van der Waals surface area contributed by atoms with E-state index in [2.05, 4.69) is 47.8 Å². The number of para-hydroxylation sites is 2. The van der Waals surface area contributed by atoms with Crippen LogP contribution in [-0.4, -0.2) is 35.1 Å². The van der Waals surface area contributed by atoms with Crippen molar-refractivity contribution in [3.05, 3.63) is 48.5 Å². The van der Waals surface area contributed by atoms with Crippen molar-refractivity contribution >= 4 is 16.7 Å². The van der Waals surface area contributed by atoms with Crippen molar-refractivity contribution < 1.29 is 0 Å². The first-order chi connectivity index (χ1) is 10.6. The van der Waals surface area contributed by atoms with Crippen LogP contribution in [0.15, 0.2) is 48.5 Å². The number of nitrogens with two attached hydrogens (primary N) is 1. The standard InChI is InChI=1S/C18H22N4/c1-21(2)11-6-12-22-17-10-4-3-9-16(17)20-18(22)14-7-5-8-15(19)13-14/h3-5,7-10,13H,6,11-12,19H2,1-2H3. The second-order valence-corrected chi connectivity index (χ2v) is 5.86. The van der Waals surface area contributed by atoms with Crippen LogP contribution in [0.5, 0.6) is 0 Å². The summed E-state index contributed by atoms with van der Waals surface area (Å²) in [5.74, 6) is 0.993. The molecule has 0 atom stereocenters. The van der Waals surface area contributed by atoms with Crippen LogP contribution in [-0.2, 0) is 6.54 Å². The fourth-order valence-electron chi connectivity index (χ4n) is 2.75. The summed E-state index contributed by atoms with van der Waals surface area (Å²) in [4.78, 5) is 7.02. The number of fused-ring (bicyclic) bond motifs is 1. The van der Waals surface area contributed by atoms with Gasteiger partial charge in [-0.3, -0.25) is 0 Å². The molecule has 0 fully saturated rings. The lowest BCUT2D eigenvalue weighted by Gasteiger charge is -2.12. The first-order valence-corrected chi connectivity index (χ1v) is 7.61. The number of imidazole rings is 1. The van der Waals surface area contributed by atoms with E-state index in [9.17, 15) is 0 Å². The second-order valence-electron chi connectivity index (χ2n) is 5.86. The van der Waals surface area contributed by atoms with Gasteiger partial charge >= 0.3 is 0 Å². The van der Waals surface area contributed by atoms with Gasteiger partial charge in [0.05, 0.1) is 11.0 Å². The van der Waals surface area contributed by atoms with E-state index in [1.807, 2.05) is 24.3 Å². The number of anilines is 1. The third kappa shape index (κ3) is 2.97. The van der Waals surface area contributed by atoms with Gasteiger partial charge in [0, 0.05) is 17.8 Å². The van der Waals surface area contributed by atoms with Crippen molar-refractivity contribution in [2.24, 2.45) is 0 Å². The summed E-state index contributed by atoms with van der Waals surface area (Å²) in [6, 6.07) is 16.2. The van der Waals surface area contributed by atoms with E-state index in [1.54, 1.807) is 0 Å². The molecule has 22 heavy (non-hydrogen) atoms. The van der Waals surface area contributed by atoms with Crippen molar-refractivity contribution in [2.45, 2.75) is 13.0 Å². The van der Waals surface area contributed by atoms with E-state index >= 15 is 0 Å². The first kappa shape index (κ1) is 14.6. The molecule has 0 unspecified atom stereocenters. The van der Waals surface area contributed by atoms with Crippen LogP contribution in [0.25, 0.3) is 22.4 Å². The largest absolute Gasteiger partial charge is 0.399 e. The second kappa shape index (κ2) is 6.20. The molecular formula is C18H22N4. The molecule has 0 bridgehead atoms. The number of rotatable bonds is 5. The van der Waals surface area contributed by atoms with Crippen LogP contribution < -0.4 is 5.73 Å². The predicted octanol–water partition coefficient (Wildman–Crippen LogP) is 3.24. The quantitative estimate of drug-likeness (QED) is 0.735. The molecule has 1 heterocycles. The van der Waals surface area contributed by atoms with Crippen LogP contribution in [0.4, 0.5) is 5.69 Å². The Bertz CT molecular complexity index is 774. The highest BCUT2D eigenvalue weighted by atomic mass is 15.1. The average molecular weight is 294 g/mol. The molecule has 0 saturated heterocycles. The van der Waals surface area contributed by atoms with E-state index in [4.69, 9.17) is 10.7 Å². The maximum Gasteiger partial charge on any atom is 0.141 e. The molecule has 114 valence electrons. The van der Waals surface area contributed by atoms with Crippen molar-refractivity contribution in [1.82, 2.24) is 14.5 Å². The Kier molecular flexibility index (Phi) is 4.11. The Balaban J connectivity index is 2.04. The highest BCUT2D eigenvalue weighted by Gasteiger charge is 2.12. The summed E-state index contributed by atoms with van der Waals surface area (Å²) in [5.41, 5.74) is 9.99. The zero-order valence-electron chi connectivity index (χ0n) is 13.2. The van der Waals surface area contributed by atoms with Crippen LogP contribution in [0.1, 0.15) is 6.42 Å². The molecule has 0 radical (unpaired) electrons. The Labute approximate surface area is 131 Å². The first-order valence-electron chi connectivity index (χ1n) is 7.61. The summed E-state index contributed by atoms with van der Waals surface area (Å²) in [6.45, 7) is 2.01. The van der Waals surface area contributed by atoms with Crippen molar-refractivity contribution in [3.8, 4) is 11.4 Å². The van der Waals surface area contributed by atoms with Gasteiger partial charge in [-0.15, -0.1) is 0 Å². The minimum absolute atomic E-state index is 0.768. The Morgan fingerprint density at radius 1 is 1.09 bits per heavy atom. The summed E-state index contributed by atoms with van der Waals surface area (Å²) in [6.07, 6.45) is 1.09. The van der Waals surface area contributed by atoms with Crippen molar-refractivity contribution in [3.63, 3.8) is 0 Å². The number of nitrogens with zero attached hydrogens (tertiary/aromatic N) is 3. The van der Waals surface area contributed by atoms with Gasteiger partial charge in [0.25, 0.3) is 0 Å². The summed E-state index contributed by atoms with van der Waals surface area (Å²) in [5, 5.41) is 0. The number of aromatic nitrogens is 2. The molecule has 0 amide bonds. The minimum atomic E-state index is 0.768. The molecule has 0 aliphatic rings. The normalized spacial score (nSPS) is 11.4.